The molecule has 0 saturated carbocycles. The Labute approximate surface area is 164 Å². The molecule has 0 aliphatic carbocycles. The zero-order valence-corrected chi connectivity index (χ0v) is 17.1. The van der Waals surface area contributed by atoms with Gasteiger partial charge in [-0.2, -0.15) is 0 Å². The fourth-order valence-electron chi connectivity index (χ4n) is 4.30. The number of piperidine rings is 1. The minimum Gasteiger partial charge on any atom is -0.450 e. The van der Waals surface area contributed by atoms with Crippen molar-refractivity contribution in [1.29, 1.82) is 0 Å². The lowest BCUT2D eigenvalue weighted by Crippen LogP contribution is -2.55. The number of hydrogen-bond acceptors (Lipinski definition) is 6. The summed E-state index contributed by atoms with van der Waals surface area (Å²) in [6, 6.07) is 0.578. The van der Waals surface area contributed by atoms with E-state index in [1.165, 1.54) is 18.5 Å². The fourth-order valence-corrected chi connectivity index (χ4v) is 5.08. The number of hydrogen-bond donors (Lipinski definition) is 0. The molecule has 2 aromatic rings. The molecule has 2 saturated heterocycles. The number of piperazine rings is 1. The third-order valence-electron chi connectivity index (χ3n) is 5.77. The van der Waals surface area contributed by atoms with Gasteiger partial charge in [0.2, 0.25) is 0 Å². The van der Waals surface area contributed by atoms with Crippen LogP contribution in [0.2, 0.25) is 0 Å². The number of thiazole rings is 1. The summed E-state index contributed by atoms with van der Waals surface area (Å²) in [6.45, 7) is 11.0. The number of likely N-dealkylation sites (tertiary alicyclic amines) is 1. The second-order valence-corrected chi connectivity index (χ2v) is 8.33. The minimum atomic E-state index is -0.168. The van der Waals surface area contributed by atoms with E-state index in [9.17, 15) is 4.79 Å². The molecule has 7 nitrogen and oxygen atoms in total. The maximum atomic E-state index is 11.9. The van der Waals surface area contributed by atoms with Crippen molar-refractivity contribution in [1.82, 2.24) is 24.1 Å². The molecule has 0 N–H and O–H groups in total. The van der Waals surface area contributed by atoms with Crippen molar-refractivity contribution in [3.05, 3.63) is 23.0 Å². The van der Waals surface area contributed by atoms with Gasteiger partial charge in [0.15, 0.2) is 4.96 Å². The normalized spacial score (nSPS) is 22.4. The second-order valence-electron chi connectivity index (χ2n) is 7.45. The lowest BCUT2D eigenvalue weighted by atomic mass is 10.0. The standard InChI is InChI=1S/C19H29N5O2S/c1-3-26-19(25)23-9-7-22(8-10-23)16-5-4-6-21(13-16)14-17-15(2)20-18-24(17)11-12-27-18/h11-12,16H,3-10,13-14H2,1-2H3/t16-/m1/s1. The number of carbonyl (C=O) groups excluding carboxylic acids is 1. The third kappa shape index (κ3) is 3.97. The topological polar surface area (TPSA) is 53.3 Å². The van der Waals surface area contributed by atoms with Crippen molar-refractivity contribution in [3.8, 4) is 0 Å². The zero-order chi connectivity index (χ0) is 18.8. The van der Waals surface area contributed by atoms with Gasteiger partial charge in [-0.1, -0.05) is 0 Å². The Balaban J connectivity index is 1.34. The number of amides is 1. The monoisotopic (exact) mass is 391 g/mol. The lowest BCUT2D eigenvalue weighted by Gasteiger charge is -2.43. The maximum absolute atomic E-state index is 11.9. The van der Waals surface area contributed by atoms with E-state index < -0.39 is 0 Å². The first-order valence-electron chi connectivity index (χ1n) is 9.95. The average molecular weight is 392 g/mol. The molecule has 1 atom stereocenters. The number of nitrogens with zero attached hydrogens (tertiary/aromatic N) is 5. The largest absolute Gasteiger partial charge is 0.450 e. The van der Waals surface area contributed by atoms with Crippen LogP contribution in [-0.2, 0) is 11.3 Å². The van der Waals surface area contributed by atoms with E-state index >= 15 is 0 Å². The summed E-state index contributed by atoms with van der Waals surface area (Å²) in [4.78, 5) is 24.6. The quantitative estimate of drug-likeness (QED) is 0.801. The van der Waals surface area contributed by atoms with Gasteiger partial charge in [-0.3, -0.25) is 14.2 Å². The number of aromatic nitrogens is 2. The number of fused-ring (bicyclic) bond motifs is 1. The summed E-state index contributed by atoms with van der Waals surface area (Å²) in [5, 5.41) is 2.10. The molecule has 148 valence electrons. The molecule has 8 heteroatoms. The van der Waals surface area contributed by atoms with Crippen LogP contribution in [-0.4, -0.2) is 82.1 Å². The summed E-state index contributed by atoms with van der Waals surface area (Å²) < 4.78 is 7.37. The van der Waals surface area contributed by atoms with Crippen LogP contribution in [0.25, 0.3) is 4.96 Å². The molecule has 4 heterocycles. The molecule has 0 spiro atoms. The molecule has 2 aliphatic heterocycles. The smallest absolute Gasteiger partial charge is 0.409 e. The van der Waals surface area contributed by atoms with Gasteiger partial charge in [-0.05, 0) is 33.2 Å². The van der Waals surface area contributed by atoms with Crippen molar-refractivity contribution in [2.24, 2.45) is 0 Å². The number of carbonyl (C=O) groups is 1. The van der Waals surface area contributed by atoms with E-state index in [0.29, 0.717) is 12.6 Å². The Kier molecular flexibility index (Phi) is 5.66. The van der Waals surface area contributed by atoms with Crippen molar-refractivity contribution < 1.29 is 9.53 Å². The first-order chi connectivity index (χ1) is 13.2. The van der Waals surface area contributed by atoms with E-state index in [2.05, 4.69) is 37.7 Å². The summed E-state index contributed by atoms with van der Waals surface area (Å²) in [5.74, 6) is 0. The van der Waals surface area contributed by atoms with Crippen molar-refractivity contribution in [3.63, 3.8) is 0 Å². The predicted octanol–water partition coefficient (Wildman–Crippen LogP) is 2.44. The Bertz CT molecular complexity index is 780. The highest BCUT2D eigenvalue weighted by Gasteiger charge is 2.30. The molecule has 0 radical (unpaired) electrons. The number of rotatable bonds is 4. The van der Waals surface area contributed by atoms with Crippen LogP contribution in [0.1, 0.15) is 31.2 Å². The molecule has 4 rings (SSSR count). The SMILES string of the molecule is CCOC(=O)N1CCN([C@@H]2CCCN(Cc3c(C)nc4sccn34)C2)CC1. The molecular weight excluding hydrogens is 362 g/mol. The molecule has 0 unspecified atom stereocenters. The molecule has 0 bridgehead atoms. The highest BCUT2D eigenvalue weighted by molar-refractivity contribution is 7.15. The van der Waals surface area contributed by atoms with Gasteiger partial charge in [0, 0.05) is 56.9 Å². The highest BCUT2D eigenvalue weighted by Crippen LogP contribution is 2.22. The first kappa shape index (κ1) is 18.7. The van der Waals surface area contributed by atoms with E-state index in [1.54, 1.807) is 11.3 Å². The van der Waals surface area contributed by atoms with Crippen molar-refractivity contribution in [2.45, 2.75) is 39.3 Å². The van der Waals surface area contributed by atoms with E-state index in [1.807, 2.05) is 11.8 Å². The van der Waals surface area contributed by atoms with Crippen LogP contribution in [0.3, 0.4) is 0 Å². The Morgan fingerprint density at radius 2 is 2.11 bits per heavy atom. The Morgan fingerprint density at radius 3 is 2.89 bits per heavy atom. The van der Waals surface area contributed by atoms with Crippen LogP contribution in [0.15, 0.2) is 11.6 Å². The van der Waals surface area contributed by atoms with Crippen LogP contribution in [0.5, 0.6) is 0 Å². The molecule has 2 fully saturated rings. The van der Waals surface area contributed by atoms with E-state index in [4.69, 9.17) is 4.74 Å². The van der Waals surface area contributed by atoms with Crippen LogP contribution < -0.4 is 0 Å². The van der Waals surface area contributed by atoms with Crippen molar-refractivity contribution in [2.75, 3.05) is 45.9 Å². The molecule has 2 aliphatic rings. The number of imidazole rings is 1. The van der Waals surface area contributed by atoms with Gasteiger partial charge in [-0.15, -0.1) is 11.3 Å². The van der Waals surface area contributed by atoms with Gasteiger partial charge in [0.25, 0.3) is 0 Å². The molecule has 1 amide bonds. The lowest BCUT2D eigenvalue weighted by molar-refractivity contribution is 0.0409. The third-order valence-corrected chi connectivity index (χ3v) is 6.53. The molecule has 0 aromatic carbocycles. The second kappa shape index (κ2) is 8.16. The van der Waals surface area contributed by atoms with Crippen LogP contribution in [0, 0.1) is 6.92 Å². The summed E-state index contributed by atoms with van der Waals surface area (Å²) in [6.07, 6.45) is 4.44. The summed E-state index contributed by atoms with van der Waals surface area (Å²) in [5.41, 5.74) is 2.46. The van der Waals surface area contributed by atoms with E-state index in [-0.39, 0.29) is 6.09 Å². The highest BCUT2D eigenvalue weighted by atomic mass is 32.1. The summed E-state index contributed by atoms with van der Waals surface area (Å²) in [7, 11) is 0. The van der Waals surface area contributed by atoms with Gasteiger partial charge < -0.3 is 9.64 Å². The predicted molar refractivity (Wildman–Crippen MR) is 106 cm³/mol. The van der Waals surface area contributed by atoms with E-state index in [0.717, 1.165) is 56.5 Å². The molecule has 27 heavy (non-hydrogen) atoms. The molecular formula is C19H29N5O2S. The van der Waals surface area contributed by atoms with Gasteiger partial charge in [-0.25, -0.2) is 9.78 Å². The molecule has 2 aromatic heterocycles. The van der Waals surface area contributed by atoms with Crippen molar-refractivity contribution >= 4 is 22.4 Å². The number of aryl methyl sites for hydroxylation is 1. The zero-order valence-electron chi connectivity index (χ0n) is 16.3. The average Bonchev–Trinajstić information content (AvgIpc) is 3.25. The van der Waals surface area contributed by atoms with Gasteiger partial charge in [0.05, 0.1) is 18.0 Å². The van der Waals surface area contributed by atoms with Crippen LogP contribution in [0.4, 0.5) is 4.79 Å². The minimum absolute atomic E-state index is 0.168. The van der Waals surface area contributed by atoms with Crippen LogP contribution >= 0.6 is 11.3 Å². The Morgan fingerprint density at radius 1 is 1.30 bits per heavy atom. The first-order valence-corrected chi connectivity index (χ1v) is 10.8. The van der Waals surface area contributed by atoms with Gasteiger partial charge >= 0.3 is 6.09 Å². The Hall–Kier alpha value is -1.64. The summed E-state index contributed by atoms with van der Waals surface area (Å²) >= 11 is 1.70. The fraction of sp³-hybridized carbons (Fsp3) is 0.684. The van der Waals surface area contributed by atoms with Gasteiger partial charge in [0.1, 0.15) is 0 Å². The number of ether oxygens (including phenoxy) is 1. The maximum Gasteiger partial charge on any atom is 0.409 e.